The summed E-state index contributed by atoms with van der Waals surface area (Å²) >= 11 is 6.07. The first-order chi connectivity index (χ1) is 8.76. The third kappa shape index (κ3) is 2.67. The highest BCUT2D eigenvalue weighted by molar-refractivity contribution is 6.32. The summed E-state index contributed by atoms with van der Waals surface area (Å²) in [5, 5.41) is 12.7. The molecule has 0 aromatic heterocycles. The number of halogens is 1. The van der Waals surface area contributed by atoms with E-state index in [9.17, 15) is 0 Å². The first kappa shape index (κ1) is 13.0. The standard InChI is InChI=1S/C12H13ClN2O3/c1-16-3-2-15-10(6-14)8-4-9(13)12-11(5-8)17-7-18-12/h4-5,10,15H,2-3,7H2,1H3. The molecule has 2 rings (SSSR count). The van der Waals surface area contributed by atoms with Crippen molar-refractivity contribution in [2.75, 3.05) is 27.1 Å². The minimum Gasteiger partial charge on any atom is -0.454 e. The molecule has 1 aliphatic heterocycles. The van der Waals surface area contributed by atoms with Crippen LogP contribution in [0.25, 0.3) is 0 Å². The number of nitrogens with zero attached hydrogens (tertiary/aromatic N) is 1. The zero-order valence-corrected chi connectivity index (χ0v) is 10.7. The molecular formula is C12H13ClN2O3. The van der Waals surface area contributed by atoms with Gasteiger partial charge in [-0.15, -0.1) is 0 Å². The number of benzene rings is 1. The Labute approximate surface area is 110 Å². The Morgan fingerprint density at radius 3 is 3.11 bits per heavy atom. The molecule has 1 heterocycles. The summed E-state index contributed by atoms with van der Waals surface area (Å²) in [6, 6.07) is 5.20. The van der Waals surface area contributed by atoms with Gasteiger partial charge in [-0.2, -0.15) is 5.26 Å². The molecule has 0 fully saturated rings. The van der Waals surface area contributed by atoms with Crippen LogP contribution in [0.2, 0.25) is 5.02 Å². The van der Waals surface area contributed by atoms with Gasteiger partial charge >= 0.3 is 0 Å². The molecule has 18 heavy (non-hydrogen) atoms. The summed E-state index contributed by atoms with van der Waals surface area (Å²) in [6.07, 6.45) is 0. The van der Waals surface area contributed by atoms with Gasteiger partial charge in [0, 0.05) is 13.7 Å². The maximum atomic E-state index is 9.15. The van der Waals surface area contributed by atoms with Crippen LogP contribution in [-0.4, -0.2) is 27.1 Å². The predicted octanol–water partition coefficient (Wildman–Crippen LogP) is 1.87. The SMILES string of the molecule is COCCNC(C#N)c1cc(Cl)c2c(c1)OCO2. The van der Waals surface area contributed by atoms with Gasteiger partial charge in [-0.3, -0.25) is 5.32 Å². The topological polar surface area (TPSA) is 63.5 Å². The predicted molar refractivity (Wildman–Crippen MR) is 65.8 cm³/mol. The lowest BCUT2D eigenvalue weighted by atomic mass is 10.1. The summed E-state index contributed by atoms with van der Waals surface area (Å²) in [4.78, 5) is 0. The smallest absolute Gasteiger partial charge is 0.231 e. The first-order valence-electron chi connectivity index (χ1n) is 5.47. The lowest BCUT2D eigenvalue weighted by Crippen LogP contribution is -2.23. The average molecular weight is 269 g/mol. The van der Waals surface area contributed by atoms with E-state index in [2.05, 4.69) is 11.4 Å². The van der Waals surface area contributed by atoms with Gasteiger partial charge < -0.3 is 14.2 Å². The van der Waals surface area contributed by atoms with Crippen LogP contribution in [-0.2, 0) is 4.74 Å². The molecule has 0 saturated heterocycles. The Morgan fingerprint density at radius 1 is 1.56 bits per heavy atom. The molecule has 1 aliphatic rings. The van der Waals surface area contributed by atoms with Crippen LogP contribution >= 0.6 is 11.6 Å². The third-order valence-electron chi connectivity index (χ3n) is 2.57. The van der Waals surface area contributed by atoms with E-state index in [-0.39, 0.29) is 6.79 Å². The van der Waals surface area contributed by atoms with Crippen LogP contribution in [0.4, 0.5) is 0 Å². The Balaban J connectivity index is 2.16. The number of nitrogens with one attached hydrogen (secondary N) is 1. The molecule has 6 heteroatoms. The van der Waals surface area contributed by atoms with Crippen LogP contribution in [0.3, 0.4) is 0 Å². The number of ether oxygens (including phenoxy) is 3. The molecule has 0 saturated carbocycles. The van der Waals surface area contributed by atoms with Crippen molar-refractivity contribution in [3.63, 3.8) is 0 Å². The zero-order chi connectivity index (χ0) is 13.0. The lowest BCUT2D eigenvalue weighted by molar-refractivity contribution is 0.174. The van der Waals surface area contributed by atoms with Crippen molar-refractivity contribution in [1.29, 1.82) is 5.26 Å². The van der Waals surface area contributed by atoms with E-state index < -0.39 is 6.04 Å². The molecule has 0 aliphatic carbocycles. The summed E-state index contributed by atoms with van der Waals surface area (Å²) in [5.41, 5.74) is 0.753. The second kappa shape index (κ2) is 5.91. The normalized spacial score (nSPS) is 14.3. The van der Waals surface area contributed by atoms with E-state index in [1.165, 1.54) is 0 Å². The molecule has 0 bridgehead atoms. The van der Waals surface area contributed by atoms with E-state index >= 15 is 0 Å². The van der Waals surface area contributed by atoms with Gasteiger partial charge in [0.1, 0.15) is 6.04 Å². The van der Waals surface area contributed by atoms with Crippen LogP contribution in [0.1, 0.15) is 11.6 Å². The maximum Gasteiger partial charge on any atom is 0.231 e. The van der Waals surface area contributed by atoms with Gasteiger partial charge in [-0.1, -0.05) is 11.6 Å². The molecule has 0 amide bonds. The first-order valence-corrected chi connectivity index (χ1v) is 5.85. The van der Waals surface area contributed by atoms with Crippen LogP contribution in [0, 0.1) is 11.3 Å². The molecule has 96 valence electrons. The number of hydrogen-bond acceptors (Lipinski definition) is 5. The van der Waals surface area contributed by atoms with Crippen molar-refractivity contribution in [2.24, 2.45) is 0 Å². The highest BCUT2D eigenvalue weighted by Crippen LogP contribution is 2.40. The molecule has 1 aromatic carbocycles. The fraction of sp³-hybridized carbons (Fsp3) is 0.417. The van der Waals surface area contributed by atoms with Crippen LogP contribution in [0.5, 0.6) is 11.5 Å². The van der Waals surface area contributed by atoms with Crippen molar-refractivity contribution in [1.82, 2.24) is 5.32 Å². The van der Waals surface area contributed by atoms with E-state index in [0.717, 1.165) is 5.56 Å². The summed E-state index contributed by atoms with van der Waals surface area (Å²) in [7, 11) is 1.61. The lowest BCUT2D eigenvalue weighted by Gasteiger charge is -2.12. The molecular weight excluding hydrogens is 256 g/mol. The maximum absolute atomic E-state index is 9.15. The number of fused-ring (bicyclic) bond motifs is 1. The largest absolute Gasteiger partial charge is 0.454 e. The van der Waals surface area contributed by atoms with Gasteiger partial charge in [0.2, 0.25) is 6.79 Å². The zero-order valence-electron chi connectivity index (χ0n) is 9.90. The average Bonchev–Trinajstić information content (AvgIpc) is 2.83. The number of nitriles is 1. The molecule has 1 unspecified atom stereocenters. The Morgan fingerprint density at radius 2 is 2.39 bits per heavy atom. The van der Waals surface area contributed by atoms with Gasteiger partial charge in [0.15, 0.2) is 11.5 Å². The van der Waals surface area contributed by atoms with Crippen molar-refractivity contribution in [3.05, 3.63) is 22.7 Å². The van der Waals surface area contributed by atoms with E-state index in [1.807, 2.05) is 0 Å². The van der Waals surface area contributed by atoms with Crippen molar-refractivity contribution in [2.45, 2.75) is 6.04 Å². The number of rotatable bonds is 5. The monoisotopic (exact) mass is 268 g/mol. The van der Waals surface area contributed by atoms with Crippen LogP contribution < -0.4 is 14.8 Å². The van der Waals surface area contributed by atoms with Crippen LogP contribution in [0.15, 0.2) is 12.1 Å². The second-order valence-corrected chi connectivity index (χ2v) is 4.15. The Bertz CT molecular complexity index is 473. The third-order valence-corrected chi connectivity index (χ3v) is 2.85. The molecule has 0 radical (unpaired) electrons. The molecule has 0 spiro atoms. The van der Waals surface area contributed by atoms with Gasteiger partial charge in [-0.25, -0.2) is 0 Å². The molecule has 1 N–H and O–H groups in total. The minimum absolute atomic E-state index is 0.160. The highest BCUT2D eigenvalue weighted by Gasteiger charge is 2.21. The molecule has 1 aromatic rings. The Hall–Kier alpha value is -1.48. The van der Waals surface area contributed by atoms with Crippen molar-refractivity contribution < 1.29 is 14.2 Å². The number of methoxy groups -OCH3 is 1. The fourth-order valence-electron chi connectivity index (χ4n) is 1.70. The quantitative estimate of drug-likeness (QED) is 0.826. The molecule has 1 atom stereocenters. The summed E-state index contributed by atoms with van der Waals surface area (Å²) in [5.74, 6) is 1.11. The second-order valence-electron chi connectivity index (χ2n) is 3.75. The van der Waals surface area contributed by atoms with E-state index in [1.54, 1.807) is 19.2 Å². The number of hydrogen-bond donors (Lipinski definition) is 1. The van der Waals surface area contributed by atoms with Crippen molar-refractivity contribution >= 4 is 11.6 Å². The van der Waals surface area contributed by atoms with E-state index in [4.69, 9.17) is 31.1 Å². The molecule has 5 nitrogen and oxygen atoms in total. The van der Waals surface area contributed by atoms with Gasteiger partial charge in [-0.05, 0) is 17.7 Å². The van der Waals surface area contributed by atoms with Crippen molar-refractivity contribution in [3.8, 4) is 17.6 Å². The van der Waals surface area contributed by atoms with E-state index in [0.29, 0.717) is 29.7 Å². The van der Waals surface area contributed by atoms with Gasteiger partial charge in [0.25, 0.3) is 0 Å². The summed E-state index contributed by atoms with van der Waals surface area (Å²) in [6.45, 7) is 1.28. The minimum atomic E-state index is -0.452. The van der Waals surface area contributed by atoms with Gasteiger partial charge in [0.05, 0.1) is 17.7 Å². The Kier molecular flexibility index (Phi) is 4.26. The summed E-state index contributed by atoms with van der Waals surface area (Å²) < 4.78 is 15.4. The highest BCUT2D eigenvalue weighted by atomic mass is 35.5. The fourth-order valence-corrected chi connectivity index (χ4v) is 1.97.